The summed E-state index contributed by atoms with van der Waals surface area (Å²) < 4.78 is 26.8. The molecule has 0 aromatic carbocycles. The van der Waals surface area contributed by atoms with E-state index in [1.807, 2.05) is 68.4 Å². The summed E-state index contributed by atoms with van der Waals surface area (Å²) in [5, 5.41) is 0. The van der Waals surface area contributed by atoms with Gasteiger partial charge in [-0.1, -0.05) is 80.4 Å². The van der Waals surface area contributed by atoms with Gasteiger partial charge in [0, 0.05) is 12.1 Å². The van der Waals surface area contributed by atoms with E-state index < -0.39 is 23.2 Å². The molecule has 2 atom stereocenters. The first-order chi connectivity index (χ1) is 20.1. The first-order valence-electron chi connectivity index (χ1n) is 16.7. The lowest BCUT2D eigenvalue weighted by Crippen LogP contribution is -2.52. The van der Waals surface area contributed by atoms with Gasteiger partial charge in [0.25, 0.3) is 0 Å². The van der Waals surface area contributed by atoms with E-state index in [0.29, 0.717) is 36.6 Å². The van der Waals surface area contributed by atoms with E-state index in [0.717, 1.165) is 12.0 Å². The third-order valence-electron chi connectivity index (χ3n) is 7.43. The average Bonchev–Trinajstić information content (AvgIpc) is 3.20. The van der Waals surface area contributed by atoms with Crippen LogP contribution in [0.5, 0.6) is 0 Å². The molecular formula is C37H65FN2O4. The monoisotopic (exact) mass is 620 g/mol. The predicted octanol–water partition coefficient (Wildman–Crippen LogP) is 10.8. The molecule has 2 heterocycles. The third kappa shape index (κ3) is 13.4. The molecule has 0 N–H and O–H groups in total. The van der Waals surface area contributed by atoms with Crippen molar-refractivity contribution < 1.29 is 23.5 Å². The number of halogens is 1. The highest BCUT2D eigenvalue weighted by molar-refractivity contribution is 5.94. The molecule has 1 saturated heterocycles. The first kappa shape index (κ1) is 41.7. The Balaban J connectivity index is 0.00000347. The summed E-state index contributed by atoms with van der Waals surface area (Å²) in [4.78, 5) is 32.3. The van der Waals surface area contributed by atoms with E-state index >= 15 is 4.39 Å². The summed E-state index contributed by atoms with van der Waals surface area (Å²) in [6.45, 7) is 32.4. The zero-order chi connectivity index (χ0) is 34.6. The molecule has 1 aliphatic heterocycles. The number of Topliss-reactive ketones (excluding diaryl/α,β-unsaturated/α-hetero) is 1. The van der Waals surface area contributed by atoms with Crippen LogP contribution in [-0.4, -0.2) is 45.7 Å². The van der Waals surface area contributed by atoms with E-state index in [1.54, 1.807) is 4.90 Å². The van der Waals surface area contributed by atoms with Gasteiger partial charge >= 0.3 is 6.09 Å². The molecule has 1 amide bonds. The highest BCUT2D eigenvalue weighted by Gasteiger charge is 2.48. The van der Waals surface area contributed by atoms with Crippen molar-refractivity contribution in [3.63, 3.8) is 0 Å². The molecule has 7 heteroatoms. The van der Waals surface area contributed by atoms with Crippen molar-refractivity contribution in [3.8, 4) is 0 Å². The minimum atomic E-state index is -0.788. The Morgan fingerprint density at radius 3 is 2.18 bits per heavy atom. The van der Waals surface area contributed by atoms with Crippen LogP contribution in [0.2, 0.25) is 0 Å². The van der Waals surface area contributed by atoms with E-state index in [2.05, 4.69) is 53.5 Å². The minimum Gasteiger partial charge on any atom is -0.444 e. The zero-order valence-corrected chi connectivity index (χ0v) is 31.0. The second-order valence-corrected chi connectivity index (χ2v) is 14.7. The maximum Gasteiger partial charge on any atom is 0.412 e. The Labute approximate surface area is 269 Å². The standard InChI is InChI=1S/C32H51FN2O4.C3H8.C2H6/c1-20(2)16-23(26-19-38-32(11,12)35(26)29(37)39-31(8,9)10)14-13-15-27(36)28-25(33)18-24(22(4)34-28)17-21(3)30(5,6)7;1-3-2;1-2/h17-18,20,23,26H,13-16,19H2,1-12H3;3H2,1-2H3;1-2H3/b21-17+;;. The van der Waals surface area contributed by atoms with Gasteiger partial charge in [0.2, 0.25) is 0 Å². The fourth-order valence-corrected chi connectivity index (χ4v) is 4.95. The fourth-order valence-electron chi connectivity index (χ4n) is 4.95. The maximum atomic E-state index is 15.0. The van der Waals surface area contributed by atoms with Gasteiger partial charge in [0.05, 0.1) is 12.6 Å². The summed E-state index contributed by atoms with van der Waals surface area (Å²) in [5.41, 5.74) is 0.901. The number of allylic oxidation sites excluding steroid dienone is 1. The summed E-state index contributed by atoms with van der Waals surface area (Å²) in [6.07, 6.45) is 5.14. The van der Waals surface area contributed by atoms with Crippen LogP contribution in [0.15, 0.2) is 11.6 Å². The van der Waals surface area contributed by atoms with Crippen LogP contribution < -0.4 is 0 Å². The number of hydrogen-bond donors (Lipinski definition) is 0. The van der Waals surface area contributed by atoms with Gasteiger partial charge in [0.1, 0.15) is 17.0 Å². The van der Waals surface area contributed by atoms with Crippen molar-refractivity contribution in [1.29, 1.82) is 0 Å². The van der Waals surface area contributed by atoms with Crippen LogP contribution in [0.3, 0.4) is 0 Å². The van der Waals surface area contributed by atoms with Crippen LogP contribution in [0.25, 0.3) is 6.08 Å². The second kappa shape index (κ2) is 18.0. The summed E-state index contributed by atoms with van der Waals surface area (Å²) >= 11 is 0. The number of carbonyl (C=O) groups is 2. The SMILES string of the molecule is C/C(=C\c1cc(F)c(C(=O)CCCC(CC(C)C)C2COC(C)(C)N2C(=O)OC(C)(C)C)nc1C)C(C)(C)C.CC.CCC. The van der Waals surface area contributed by atoms with Crippen LogP contribution in [0, 0.1) is 30.0 Å². The molecule has 2 rings (SSSR count). The minimum absolute atomic E-state index is 0.0391. The molecule has 1 aromatic rings. The number of hydrogen-bond acceptors (Lipinski definition) is 5. The maximum absolute atomic E-state index is 15.0. The Hall–Kier alpha value is -2.28. The molecule has 2 unspecified atom stereocenters. The molecule has 0 spiro atoms. The van der Waals surface area contributed by atoms with Crippen molar-refractivity contribution in [2.45, 2.75) is 160 Å². The zero-order valence-electron chi connectivity index (χ0n) is 31.0. The lowest BCUT2D eigenvalue weighted by atomic mass is 9.85. The third-order valence-corrected chi connectivity index (χ3v) is 7.43. The molecule has 1 aliphatic rings. The number of aromatic nitrogens is 1. The molecule has 0 saturated carbocycles. The van der Waals surface area contributed by atoms with E-state index in [-0.39, 0.29) is 35.3 Å². The number of ketones is 1. The molecule has 6 nitrogen and oxygen atoms in total. The number of amides is 1. The fraction of sp³-hybridized carbons (Fsp3) is 0.757. The first-order valence-corrected chi connectivity index (χ1v) is 16.7. The normalized spacial score (nSPS) is 17.4. The Morgan fingerprint density at radius 1 is 1.16 bits per heavy atom. The van der Waals surface area contributed by atoms with Gasteiger partial charge in [-0.15, -0.1) is 0 Å². The van der Waals surface area contributed by atoms with Crippen molar-refractivity contribution in [1.82, 2.24) is 9.88 Å². The Bertz CT molecular complexity index is 1080. The van der Waals surface area contributed by atoms with Crippen molar-refractivity contribution >= 4 is 18.0 Å². The lowest BCUT2D eigenvalue weighted by molar-refractivity contribution is -0.0650. The number of aryl methyl sites for hydroxylation is 1. The highest BCUT2D eigenvalue weighted by atomic mass is 19.1. The Morgan fingerprint density at radius 2 is 1.70 bits per heavy atom. The number of rotatable bonds is 9. The quantitative estimate of drug-likeness (QED) is 0.257. The average molecular weight is 621 g/mol. The van der Waals surface area contributed by atoms with Gasteiger partial charge < -0.3 is 9.47 Å². The van der Waals surface area contributed by atoms with Crippen LogP contribution >= 0.6 is 0 Å². The summed E-state index contributed by atoms with van der Waals surface area (Å²) in [7, 11) is 0. The van der Waals surface area contributed by atoms with E-state index in [1.165, 1.54) is 12.5 Å². The van der Waals surface area contributed by atoms with Crippen molar-refractivity contribution in [2.75, 3.05) is 6.61 Å². The Kier molecular flexibility index (Phi) is 17.1. The van der Waals surface area contributed by atoms with Gasteiger partial charge in [-0.3, -0.25) is 9.69 Å². The molecule has 1 aromatic heterocycles. The largest absolute Gasteiger partial charge is 0.444 e. The predicted molar refractivity (Wildman–Crippen MR) is 182 cm³/mol. The molecule has 0 aliphatic carbocycles. The second-order valence-electron chi connectivity index (χ2n) is 14.7. The molecule has 0 bridgehead atoms. The molecule has 44 heavy (non-hydrogen) atoms. The van der Waals surface area contributed by atoms with E-state index in [4.69, 9.17) is 9.47 Å². The van der Waals surface area contributed by atoms with Gasteiger partial charge in [-0.25, -0.2) is 14.2 Å². The molecule has 254 valence electrons. The van der Waals surface area contributed by atoms with E-state index in [9.17, 15) is 9.59 Å². The van der Waals surface area contributed by atoms with Gasteiger partial charge in [-0.05, 0) is 96.6 Å². The number of carbonyl (C=O) groups excluding carboxylic acids is 2. The summed E-state index contributed by atoms with van der Waals surface area (Å²) in [5.74, 6) is -0.373. The number of pyridine rings is 1. The molecular weight excluding hydrogens is 555 g/mol. The highest BCUT2D eigenvalue weighted by Crippen LogP contribution is 2.37. The lowest BCUT2D eigenvalue weighted by Gasteiger charge is -2.38. The number of nitrogens with zero attached hydrogens (tertiary/aromatic N) is 2. The van der Waals surface area contributed by atoms with Crippen molar-refractivity contribution in [2.24, 2.45) is 17.3 Å². The van der Waals surface area contributed by atoms with Crippen LogP contribution in [0.4, 0.5) is 9.18 Å². The topological polar surface area (TPSA) is 68.7 Å². The number of ether oxygens (including phenoxy) is 2. The van der Waals surface area contributed by atoms with Crippen LogP contribution in [0.1, 0.15) is 158 Å². The summed E-state index contributed by atoms with van der Waals surface area (Å²) in [6, 6.07) is 1.25. The van der Waals surface area contributed by atoms with Crippen molar-refractivity contribution in [3.05, 3.63) is 34.4 Å². The smallest absolute Gasteiger partial charge is 0.412 e. The van der Waals surface area contributed by atoms with Gasteiger partial charge in [0.15, 0.2) is 11.6 Å². The van der Waals surface area contributed by atoms with Crippen LogP contribution in [-0.2, 0) is 9.47 Å². The molecule has 1 fully saturated rings. The van der Waals surface area contributed by atoms with Gasteiger partial charge in [-0.2, -0.15) is 0 Å². The molecule has 0 radical (unpaired) electrons.